The molecule has 0 bridgehead atoms. The van der Waals surface area contributed by atoms with Gasteiger partial charge in [0, 0.05) is 25.1 Å². The molecule has 0 spiro atoms. The molecule has 0 saturated heterocycles. The zero-order chi connectivity index (χ0) is 15.4. The molecule has 0 N–H and O–H groups in total. The lowest BCUT2D eigenvalue weighted by Gasteiger charge is -2.24. The van der Waals surface area contributed by atoms with Gasteiger partial charge in [0.25, 0.3) is 0 Å². The topological polar surface area (TPSA) is 39.9 Å². The number of fused-ring (bicyclic) bond motifs is 1. The van der Waals surface area contributed by atoms with Gasteiger partial charge in [-0.2, -0.15) is 0 Å². The number of alkyl halides is 1. The second-order valence-electron chi connectivity index (χ2n) is 5.61. The number of hydrogen-bond acceptors (Lipinski definition) is 3. The van der Waals surface area contributed by atoms with Gasteiger partial charge in [-0.05, 0) is 31.4 Å². The van der Waals surface area contributed by atoms with Crippen molar-refractivity contribution in [2.45, 2.75) is 40.2 Å². The Labute approximate surface area is 131 Å². The molecule has 2 aromatic rings. The van der Waals surface area contributed by atoms with Crippen LogP contribution in [0.1, 0.15) is 38.2 Å². The first-order valence-corrected chi connectivity index (χ1v) is 8.09. The Morgan fingerprint density at radius 3 is 2.76 bits per heavy atom. The largest absolute Gasteiger partial charge is 0.380 e. The number of aryl methyl sites for hydroxylation is 2. The van der Waals surface area contributed by atoms with Crippen LogP contribution in [-0.4, -0.2) is 33.6 Å². The van der Waals surface area contributed by atoms with Gasteiger partial charge in [0.15, 0.2) is 5.65 Å². The minimum absolute atomic E-state index is 0.225. The van der Waals surface area contributed by atoms with Crippen LogP contribution in [0.5, 0.6) is 0 Å². The molecule has 2 rings (SSSR count). The number of aromatic nitrogens is 3. The van der Waals surface area contributed by atoms with Crippen LogP contribution >= 0.6 is 11.6 Å². The number of imidazole rings is 1. The Morgan fingerprint density at radius 2 is 2.14 bits per heavy atom. The lowest BCUT2D eigenvalue weighted by molar-refractivity contribution is 0.0967. The third-order valence-corrected chi connectivity index (χ3v) is 3.95. The highest BCUT2D eigenvalue weighted by atomic mass is 35.5. The molecule has 21 heavy (non-hydrogen) atoms. The maximum absolute atomic E-state index is 5.96. The number of ether oxygens (including phenoxy) is 1. The molecule has 1 atom stereocenters. The summed E-state index contributed by atoms with van der Waals surface area (Å²) in [6.45, 7) is 9.88. The molecule has 2 heterocycles. The second-order valence-corrected chi connectivity index (χ2v) is 5.99. The van der Waals surface area contributed by atoms with Crippen LogP contribution in [-0.2, 0) is 11.2 Å². The Kier molecular flexibility index (Phi) is 5.59. The van der Waals surface area contributed by atoms with Gasteiger partial charge >= 0.3 is 0 Å². The van der Waals surface area contributed by atoms with Gasteiger partial charge in [0.05, 0.1) is 12.6 Å². The predicted octanol–water partition coefficient (Wildman–Crippen LogP) is 3.75. The van der Waals surface area contributed by atoms with Crippen molar-refractivity contribution in [3.63, 3.8) is 0 Å². The summed E-state index contributed by atoms with van der Waals surface area (Å²) in [7, 11) is 0. The normalized spacial score (nSPS) is 13.2. The fourth-order valence-corrected chi connectivity index (χ4v) is 2.74. The molecular weight excluding hydrogens is 286 g/mol. The second kappa shape index (κ2) is 7.23. The molecule has 5 heteroatoms. The SMILES string of the molecule is CCOCC(C(C)C)n1c(CCCl)nc2c(C)ccnc21. The molecule has 1 unspecified atom stereocenters. The summed E-state index contributed by atoms with van der Waals surface area (Å²) < 4.78 is 7.91. The molecule has 2 aromatic heterocycles. The molecule has 0 aliphatic rings. The minimum Gasteiger partial charge on any atom is -0.380 e. The smallest absolute Gasteiger partial charge is 0.160 e. The lowest BCUT2D eigenvalue weighted by atomic mass is 10.0. The van der Waals surface area contributed by atoms with Crippen molar-refractivity contribution >= 4 is 22.8 Å². The van der Waals surface area contributed by atoms with E-state index in [0.717, 1.165) is 29.0 Å². The fourth-order valence-electron chi connectivity index (χ4n) is 2.57. The maximum atomic E-state index is 5.96. The van der Waals surface area contributed by atoms with E-state index in [-0.39, 0.29) is 6.04 Å². The van der Waals surface area contributed by atoms with Crippen molar-refractivity contribution in [2.75, 3.05) is 19.1 Å². The van der Waals surface area contributed by atoms with Crippen LogP contribution in [0.15, 0.2) is 12.3 Å². The molecular formula is C16H24ClN3O. The van der Waals surface area contributed by atoms with E-state index in [9.17, 15) is 0 Å². The summed E-state index contributed by atoms with van der Waals surface area (Å²) in [5.74, 6) is 1.99. The maximum Gasteiger partial charge on any atom is 0.160 e. The van der Waals surface area contributed by atoms with Gasteiger partial charge in [0.1, 0.15) is 11.3 Å². The molecule has 0 radical (unpaired) electrons. The summed E-state index contributed by atoms with van der Waals surface area (Å²) in [6, 6.07) is 2.22. The minimum atomic E-state index is 0.225. The van der Waals surface area contributed by atoms with E-state index in [4.69, 9.17) is 21.3 Å². The first-order chi connectivity index (χ1) is 10.1. The fraction of sp³-hybridized carbons (Fsp3) is 0.625. The van der Waals surface area contributed by atoms with E-state index in [1.54, 1.807) is 0 Å². The van der Waals surface area contributed by atoms with Crippen LogP contribution < -0.4 is 0 Å². The van der Waals surface area contributed by atoms with Gasteiger partial charge in [-0.15, -0.1) is 11.6 Å². The lowest BCUT2D eigenvalue weighted by Crippen LogP contribution is -2.23. The number of hydrogen-bond donors (Lipinski definition) is 0. The molecule has 0 fully saturated rings. The predicted molar refractivity (Wildman–Crippen MR) is 87.1 cm³/mol. The van der Waals surface area contributed by atoms with E-state index >= 15 is 0 Å². The van der Waals surface area contributed by atoms with E-state index in [2.05, 4.69) is 30.3 Å². The number of halogens is 1. The standard InChI is InChI=1S/C16H24ClN3O/c1-5-21-10-13(11(2)3)20-14(6-8-17)19-15-12(4)7-9-18-16(15)20/h7,9,11,13H,5-6,8,10H2,1-4H3. The van der Waals surface area contributed by atoms with Crippen molar-refractivity contribution < 1.29 is 4.74 Å². The molecule has 116 valence electrons. The van der Waals surface area contributed by atoms with Gasteiger partial charge in [0.2, 0.25) is 0 Å². The summed E-state index contributed by atoms with van der Waals surface area (Å²) >= 11 is 5.96. The highest BCUT2D eigenvalue weighted by Gasteiger charge is 2.23. The Hall–Kier alpha value is -1.13. The number of rotatable bonds is 7. The van der Waals surface area contributed by atoms with Gasteiger partial charge in [-0.3, -0.25) is 0 Å². The highest BCUT2D eigenvalue weighted by Crippen LogP contribution is 2.27. The van der Waals surface area contributed by atoms with Crippen LogP contribution in [0.4, 0.5) is 0 Å². The average molecular weight is 310 g/mol. The molecule has 0 amide bonds. The average Bonchev–Trinajstić information content (AvgIpc) is 2.80. The molecule has 0 aliphatic heterocycles. The van der Waals surface area contributed by atoms with Gasteiger partial charge in [-0.1, -0.05) is 13.8 Å². The van der Waals surface area contributed by atoms with E-state index in [0.29, 0.717) is 25.0 Å². The highest BCUT2D eigenvalue weighted by molar-refractivity contribution is 6.17. The Morgan fingerprint density at radius 1 is 1.38 bits per heavy atom. The van der Waals surface area contributed by atoms with Gasteiger partial charge < -0.3 is 9.30 Å². The number of nitrogens with zero attached hydrogens (tertiary/aromatic N) is 3. The van der Waals surface area contributed by atoms with Crippen molar-refractivity contribution in [1.29, 1.82) is 0 Å². The summed E-state index contributed by atoms with van der Waals surface area (Å²) in [5.41, 5.74) is 3.06. The van der Waals surface area contributed by atoms with Crippen LogP contribution in [0.3, 0.4) is 0 Å². The molecule has 0 aliphatic carbocycles. The van der Waals surface area contributed by atoms with Crippen molar-refractivity contribution in [3.05, 3.63) is 23.7 Å². The van der Waals surface area contributed by atoms with Crippen LogP contribution in [0.25, 0.3) is 11.2 Å². The molecule has 0 aromatic carbocycles. The third kappa shape index (κ3) is 3.38. The Bertz CT molecular complexity index is 594. The van der Waals surface area contributed by atoms with Crippen molar-refractivity contribution in [1.82, 2.24) is 14.5 Å². The summed E-state index contributed by atoms with van der Waals surface area (Å²) in [5, 5.41) is 0. The quantitative estimate of drug-likeness (QED) is 0.731. The van der Waals surface area contributed by atoms with Crippen molar-refractivity contribution in [2.24, 2.45) is 5.92 Å². The zero-order valence-corrected chi connectivity index (χ0v) is 14.0. The summed E-state index contributed by atoms with van der Waals surface area (Å²) in [6.07, 6.45) is 2.59. The first-order valence-electron chi connectivity index (χ1n) is 7.56. The van der Waals surface area contributed by atoms with Crippen molar-refractivity contribution in [3.8, 4) is 0 Å². The molecule has 4 nitrogen and oxygen atoms in total. The third-order valence-electron chi connectivity index (χ3n) is 3.77. The van der Waals surface area contributed by atoms with E-state index < -0.39 is 0 Å². The summed E-state index contributed by atoms with van der Waals surface area (Å²) in [4.78, 5) is 9.33. The Balaban J connectivity index is 2.57. The van der Waals surface area contributed by atoms with Gasteiger partial charge in [-0.25, -0.2) is 9.97 Å². The monoisotopic (exact) mass is 309 g/mol. The van der Waals surface area contributed by atoms with Crippen LogP contribution in [0.2, 0.25) is 0 Å². The zero-order valence-electron chi connectivity index (χ0n) is 13.3. The molecule has 0 saturated carbocycles. The van der Waals surface area contributed by atoms with E-state index in [1.807, 2.05) is 19.2 Å². The van der Waals surface area contributed by atoms with E-state index in [1.165, 1.54) is 0 Å². The number of pyridine rings is 1. The first kappa shape index (κ1) is 16.2. The van der Waals surface area contributed by atoms with Crippen LogP contribution in [0, 0.1) is 12.8 Å².